The Morgan fingerprint density at radius 2 is 2.06 bits per heavy atom. The normalized spacial score (nSPS) is 17.4. The minimum Gasteiger partial charge on any atom is -0.416 e. The van der Waals surface area contributed by atoms with E-state index < -0.39 is 0 Å². The molecule has 1 N–H and O–H groups in total. The summed E-state index contributed by atoms with van der Waals surface area (Å²) in [5.74, 6) is 0.933. The van der Waals surface area contributed by atoms with Crippen molar-refractivity contribution < 1.29 is 9.21 Å². The molecule has 5 nitrogen and oxygen atoms in total. The highest BCUT2D eigenvalue weighted by Gasteiger charge is 2.15. The monoisotopic (exact) mass is 269 g/mol. The fourth-order valence-corrected chi connectivity index (χ4v) is 2.77. The van der Waals surface area contributed by atoms with Crippen molar-refractivity contribution in [1.29, 1.82) is 0 Å². The highest BCUT2D eigenvalue weighted by molar-refractivity contribution is 7.99. The van der Waals surface area contributed by atoms with Gasteiger partial charge < -0.3 is 9.73 Å². The molecule has 0 atom stereocenters. The fraction of sp³-hybridized carbons (Fsp3) is 0.750. The van der Waals surface area contributed by atoms with E-state index in [1.54, 1.807) is 6.92 Å². The predicted octanol–water partition coefficient (Wildman–Crippen LogP) is 2.31. The molecule has 100 valence electrons. The molecule has 0 spiro atoms. The quantitative estimate of drug-likeness (QED) is 0.671. The molecule has 1 saturated carbocycles. The number of aromatic nitrogens is 2. The van der Waals surface area contributed by atoms with Gasteiger partial charge in [-0.2, -0.15) is 0 Å². The average molecular weight is 269 g/mol. The first-order valence-electron chi connectivity index (χ1n) is 6.46. The molecule has 1 aliphatic carbocycles. The van der Waals surface area contributed by atoms with E-state index in [2.05, 4.69) is 15.5 Å². The number of aryl methyl sites for hydroxylation is 1. The molecule has 1 heterocycles. The number of amides is 1. The molecule has 1 aromatic heterocycles. The second kappa shape index (κ2) is 6.78. The average Bonchev–Trinajstić information content (AvgIpc) is 2.60. The Labute approximate surface area is 111 Å². The zero-order valence-electron chi connectivity index (χ0n) is 10.6. The number of carbonyl (C=O) groups excluding carboxylic acids is 1. The van der Waals surface area contributed by atoms with Crippen LogP contribution in [0, 0.1) is 6.92 Å². The van der Waals surface area contributed by atoms with Gasteiger partial charge in [0, 0.05) is 13.0 Å². The van der Waals surface area contributed by atoms with E-state index in [9.17, 15) is 4.79 Å². The first-order chi connectivity index (χ1) is 8.74. The summed E-state index contributed by atoms with van der Waals surface area (Å²) < 4.78 is 5.20. The highest BCUT2D eigenvalue weighted by Crippen LogP contribution is 2.18. The molecule has 6 heteroatoms. The second-order valence-corrected chi connectivity index (χ2v) is 5.56. The van der Waals surface area contributed by atoms with Crippen LogP contribution in [0.3, 0.4) is 0 Å². The lowest BCUT2D eigenvalue weighted by Crippen LogP contribution is -2.35. The number of nitrogens with one attached hydrogen (secondary N) is 1. The number of nitrogens with zero attached hydrogens (tertiary/aromatic N) is 2. The molecule has 0 aromatic carbocycles. The maximum atomic E-state index is 11.8. The lowest BCUT2D eigenvalue weighted by molar-refractivity contribution is -0.119. The van der Waals surface area contributed by atoms with E-state index >= 15 is 0 Å². The van der Waals surface area contributed by atoms with Crippen molar-refractivity contribution in [2.24, 2.45) is 0 Å². The van der Waals surface area contributed by atoms with Crippen molar-refractivity contribution >= 4 is 17.7 Å². The summed E-state index contributed by atoms with van der Waals surface area (Å²) in [5, 5.41) is 11.1. The first kappa shape index (κ1) is 13.4. The summed E-state index contributed by atoms with van der Waals surface area (Å²) in [7, 11) is 0. The van der Waals surface area contributed by atoms with Crippen LogP contribution >= 0.6 is 11.8 Å². The highest BCUT2D eigenvalue weighted by atomic mass is 32.2. The van der Waals surface area contributed by atoms with Gasteiger partial charge in [0.25, 0.3) is 5.22 Å². The standard InChI is InChI=1S/C12H19N3O2S/c1-9-14-15-12(17-9)18-8-11(16)13-10-6-4-2-3-5-7-10/h10H,2-8H2,1H3,(H,13,16). The van der Waals surface area contributed by atoms with E-state index in [1.165, 1.54) is 37.4 Å². The first-order valence-corrected chi connectivity index (χ1v) is 7.45. The molecule has 1 aliphatic rings. The molecular formula is C12H19N3O2S. The number of rotatable bonds is 4. The number of thioether (sulfide) groups is 1. The van der Waals surface area contributed by atoms with Crippen LogP contribution in [0.25, 0.3) is 0 Å². The predicted molar refractivity (Wildman–Crippen MR) is 69.4 cm³/mol. The van der Waals surface area contributed by atoms with Crippen LogP contribution in [0.2, 0.25) is 0 Å². The maximum absolute atomic E-state index is 11.8. The van der Waals surface area contributed by atoms with Gasteiger partial charge in [-0.05, 0) is 12.8 Å². The second-order valence-electron chi connectivity index (χ2n) is 4.63. The van der Waals surface area contributed by atoms with Gasteiger partial charge in [-0.3, -0.25) is 4.79 Å². The molecule has 0 aliphatic heterocycles. The lowest BCUT2D eigenvalue weighted by atomic mass is 10.1. The summed E-state index contributed by atoms with van der Waals surface area (Å²) in [4.78, 5) is 11.8. The topological polar surface area (TPSA) is 68.0 Å². The summed E-state index contributed by atoms with van der Waals surface area (Å²) in [6.07, 6.45) is 7.25. The van der Waals surface area contributed by atoms with Crippen molar-refractivity contribution in [3.63, 3.8) is 0 Å². The number of hydrogen-bond donors (Lipinski definition) is 1. The molecular weight excluding hydrogens is 250 g/mol. The number of hydrogen-bond acceptors (Lipinski definition) is 5. The third kappa shape index (κ3) is 4.33. The van der Waals surface area contributed by atoms with Crippen LogP contribution in [0.1, 0.15) is 44.4 Å². The maximum Gasteiger partial charge on any atom is 0.277 e. The van der Waals surface area contributed by atoms with Crippen LogP contribution in [0.15, 0.2) is 9.64 Å². The Morgan fingerprint density at radius 3 is 2.67 bits per heavy atom. The Bertz CT molecular complexity index is 386. The van der Waals surface area contributed by atoms with Crippen LogP contribution in [0.5, 0.6) is 0 Å². The van der Waals surface area contributed by atoms with Crippen LogP contribution in [-0.4, -0.2) is 27.9 Å². The van der Waals surface area contributed by atoms with Crippen LogP contribution in [-0.2, 0) is 4.79 Å². The van der Waals surface area contributed by atoms with Gasteiger partial charge in [0.1, 0.15) is 0 Å². The summed E-state index contributed by atoms with van der Waals surface area (Å²) in [6.45, 7) is 1.74. The van der Waals surface area contributed by atoms with Crippen LogP contribution < -0.4 is 5.32 Å². The molecule has 1 amide bonds. The van der Waals surface area contributed by atoms with E-state index in [1.807, 2.05) is 0 Å². The van der Waals surface area contributed by atoms with Gasteiger partial charge in [0.05, 0.1) is 5.75 Å². The zero-order valence-corrected chi connectivity index (χ0v) is 11.5. The fourth-order valence-electron chi connectivity index (χ4n) is 2.16. The third-order valence-corrected chi connectivity index (χ3v) is 3.87. The van der Waals surface area contributed by atoms with Crippen molar-refractivity contribution in [1.82, 2.24) is 15.5 Å². The van der Waals surface area contributed by atoms with Gasteiger partial charge in [0.15, 0.2) is 0 Å². The van der Waals surface area contributed by atoms with Crippen molar-refractivity contribution in [3.8, 4) is 0 Å². The van der Waals surface area contributed by atoms with Crippen molar-refractivity contribution in [2.45, 2.75) is 56.7 Å². The SMILES string of the molecule is Cc1nnc(SCC(=O)NC2CCCCCC2)o1. The van der Waals surface area contributed by atoms with E-state index in [4.69, 9.17) is 4.42 Å². The van der Waals surface area contributed by atoms with Gasteiger partial charge >= 0.3 is 0 Å². The van der Waals surface area contributed by atoms with Crippen LogP contribution in [0.4, 0.5) is 0 Å². The number of carbonyl (C=O) groups is 1. The molecule has 1 aromatic rings. The summed E-state index contributed by atoms with van der Waals surface area (Å²) in [6, 6.07) is 0.352. The van der Waals surface area contributed by atoms with Gasteiger partial charge in [-0.1, -0.05) is 37.4 Å². The van der Waals surface area contributed by atoms with E-state index in [-0.39, 0.29) is 5.91 Å². The van der Waals surface area contributed by atoms with Gasteiger partial charge in [0.2, 0.25) is 11.8 Å². The van der Waals surface area contributed by atoms with Crippen molar-refractivity contribution in [2.75, 3.05) is 5.75 Å². The molecule has 0 saturated heterocycles. The minimum absolute atomic E-state index is 0.0581. The Hall–Kier alpha value is -1.04. The summed E-state index contributed by atoms with van der Waals surface area (Å²) in [5.41, 5.74) is 0. The lowest BCUT2D eigenvalue weighted by Gasteiger charge is -2.15. The van der Waals surface area contributed by atoms with Gasteiger partial charge in [-0.15, -0.1) is 10.2 Å². The zero-order chi connectivity index (χ0) is 12.8. The molecule has 18 heavy (non-hydrogen) atoms. The minimum atomic E-state index is 0.0581. The summed E-state index contributed by atoms with van der Waals surface area (Å²) >= 11 is 1.29. The largest absolute Gasteiger partial charge is 0.416 e. The Balaban J connectivity index is 1.71. The van der Waals surface area contributed by atoms with E-state index in [0.717, 1.165) is 12.8 Å². The molecule has 2 rings (SSSR count). The Morgan fingerprint density at radius 1 is 1.33 bits per heavy atom. The Kier molecular flexibility index (Phi) is 5.04. The smallest absolute Gasteiger partial charge is 0.277 e. The molecule has 0 bridgehead atoms. The van der Waals surface area contributed by atoms with E-state index in [0.29, 0.717) is 22.9 Å². The molecule has 1 fully saturated rings. The molecule has 0 radical (unpaired) electrons. The van der Waals surface area contributed by atoms with Gasteiger partial charge in [-0.25, -0.2) is 0 Å². The van der Waals surface area contributed by atoms with Crippen molar-refractivity contribution in [3.05, 3.63) is 5.89 Å². The third-order valence-electron chi connectivity index (χ3n) is 3.05. The molecule has 0 unspecified atom stereocenters.